The molecule has 1 fully saturated rings. The van der Waals surface area contributed by atoms with Gasteiger partial charge in [-0.15, -0.1) is 0 Å². The summed E-state index contributed by atoms with van der Waals surface area (Å²) < 4.78 is 21.8. The predicted octanol–water partition coefficient (Wildman–Crippen LogP) is 1.57. The Morgan fingerprint density at radius 1 is 1.31 bits per heavy atom. The average Bonchev–Trinajstić information content (AvgIpc) is 2.18. The van der Waals surface area contributed by atoms with Gasteiger partial charge in [-0.2, -0.15) is 8.43 Å². The molecule has 0 bridgehead atoms. The van der Waals surface area contributed by atoms with Crippen LogP contribution in [0.4, 0.5) is 0 Å². The van der Waals surface area contributed by atoms with E-state index in [1.165, 1.54) is 19.3 Å². The SMILES string of the molecule is CCCCC1(CC)[SiH2]O[P+](=O)O[SiH2]1. The molecule has 1 aliphatic heterocycles. The lowest BCUT2D eigenvalue weighted by atomic mass is 10.1. The smallest absolute Gasteiger partial charge is 0.184 e. The molecular weight excluding hydrogens is 219 g/mol. The molecule has 1 heterocycles. The molecule has 0 aromatic heterocycles. The van der Waals surface area contributed by atoms with Crippen molar-refractivity contribution in [2.75, 3.05) is 0 Å². The minimum absolute atomic E-state index is 0.402. The first-order chi connectivity index (χ1) is 6.22. The molecule has 76 valence electrons. The van der Waals surface area contributed by atoms with Crippen LogP contribution in [0.5, 0.6) is 0 Å². The Kier molecular flexibility index (Phi) is 4.76. The standard InChI is InChI=1S/C7H18O3PSi2/c1-3-5-6-7(4-2)12-9-11(8)10-13-7/h3-6,12-13H2,1-2H3/q+1. The summed E-state index contributed by atoms with van der Waals surface area (Å²) in [7, 11) is -2.90. The molecule has 0 radical (unpaired) electrons. The fourth-order valence-electron chi connectivity index (χ4n) is 1.54. The first kappa shape index (κ1) is 11.5. The normalized spacial score (nSPS) is 35.7. The van der Waals surface area contributed by atoms with E-state index in [0.717, 1.165) is 6.42 Å². The molecule has 1 saturated heterocycles. The van der Waals surface area contributed by atoms with Crippen LogP contribution in [-0.2, 0) is 13.0 Å². The largest absolute Gasteiger partial charge is 0.671 e. The van der Waals surface area contributed by atoms with E-state index in [1.807, 2.05) is 0 Å². The monoisotopic (exact) mass is 237 g/mol. The molecule has 0 aromatic carbocycles. The van der Waals surface area contributed by atoms with Crippen molar-refractivity contribution in [3.8, 4) is 0 Å². The lowest BCUT2D eigenvalue weighted by Crippen LogP contribution is -2.32. The van der Waals surface area contributed by atoms with Gasteiger partial charge >= 0.3 is 8.25 Å². The highest BCUT2D eigenvalue weighted by Gasteiger charge is 2.43. The summed E-state index contributed by atoms with van der Waals surface area (Å²) in [6.45, 7) is 4.41. The van der Waals surface area contributed by atoms with E-state index in [2.05, 4.69) is 13.8 Å². The van der Waals surface area contributed by atoms with Gasteiger partial charge in [0.25, 0.3) is 0 Å². The number of hydrogen-bond acceptors (Lipinski definition) is 3. The fraction of sp³-hybridized carbons (Fsp3) is 1.00. The molecule has 3 nitrogen and oxygen atoms in total. The highest BCUT2D eigenvalue weighted by molar-refractivity contribution is 7.37. The van der Waals surface area contributed by atoms with Crippen LogP contribution in [0.1, 0.15) is 39.5 Å². The zero-order valence-corrected chi connectivity index (χ0v) is 12.1. The van der Waals surface area contributed by atoms with Crippen LogP contribution in [-0.4, -0.2) is 19.5 Å². The van der Waals surface area contributed by atoms with Crippen LogP contribution in [0.2, 0.25) is 4.66 Å². The Balaban J connectivity index is 2.44. The fourth-order valence-corrected chi connectivity index (χ4v) is 8.71. The second-order valence-corrected chi connectivity index (χ2v) is 10.8. The summed E-state index contributed by atoms with van der Waals surface area (Å²) in [6, 6.07) is 0. The second-order valence-electron chi connectivity index (χ2n) is 3.73. The lowest BCUT2D eigenvalue weighted by Gasteiger charge is -2.28. The van der Waals surface area contributed by atoms with Crippen LogP contribution in [0.15, 0.2) is 0 Å². The van der Waals surface area contributed by atoms with Crippen molar-refractivity contribution in [3.63, 3.8) is 0 Å². The Bertz CT molecular complexity index is 179. The third kappa shape index (κ3) is 3.25. The van der Waals surface area contributed by atoms with E-state index in [9.17, 15) is 4.57 Å². The highest BCUT2D eigenvalue weighted by Crippen LogP contribution is 2.43. The van der Waals surface area contributed by atoms with Gasteiger partial charge in [-0.1, -0.05) is 33.1 Å². The molecule has 0 atom stereocenters. The van der Waals surface area contributed by atoms with Crippen LogP contribution in [0.3, 0.4) is 0 Å². The summed E-state index contributed by atoms with van der Waals surface area (Å²) in [4.78, 5) is 0. The number of hydrogen-bond donors (Lipinski definition) is 0. The van der Waals surface area contributed by atoms with Gasteiger partial charge in [0, 0.05) is 9.23 Å². The van der Waals surface area contributed by atoms with Gasteiger partial charge in [0.2, 0.25) is 19.5 Å². The van der Waals surface area contributed by atoms with Gasteiger partial charge < -0.3 is 0 Å². The summed E-state index contributed by atoms with van der Waals surface area (Å²) in [6.07, 6.45) is 4.89. The van der Waals surface area contributed by atoms with E-state index in [-0.39, 0.29) is 0 Å². The highest BCUT2D eigenvalue weighted by atomic mass is 31.1. The zero-order chi connectivity index (χ0) is 9.73. The molecule has 13 heavy (non-hydrogen) atoms. The van der Waals surface area contributed by atoms with Crippen LogP contribution >= 0.6 is 8.25 Å². The summed E-state index contributed by atoms with van der Waals surface area (Å²) in [5, 5.41) is 0. The quantitative estimate of drug-likeness (QED) is 0.550. The lowest BCUT2D eigenvalue weighted by molar-refractivity contribution is 0.384. The first-order valence-corrected chi connectivity index (χ1v) is 8.62. The van der Waals surface area contributed by atoms with Crippen molar-refractivity contribution in [2.24, 2.45) is 0 Å². The van der Waals surface area contributed by atoms with E-state index in [1.54, 1.807) is 0 Å². The molecule has 0 saturated carbocycles. The van der Waals surface area contributed by atoms with Crippen LogP contribution < -0.4 is 0 Å². The van der Waals surface area contributed by atoms with E-state index in [0.29, 0.717) is 4.66 Å². The van der Waals surface area contributed by atoms with Crippen molar-refractivity contribution in [3.05, 3.63) is 0 Å². The van der Waals surface area contributed by atoms with Gasteiger partial charge in [0.1, 0.15) is 0 Å². The summed E-state index contributed by atoms with van der Waals surface area (Å²) in [5.74, 6) is 0. The number of rotatable bonds is 4. The molecule has 1 rings (SSSR count). The van der Waals surface area contributed by atoms with Gasteiger partial charge in [-0.05, 0) is 6.42 Å². The van der Waals surface area contributed by atoms with Crippen LogP contribution in [0.25, 0.3) is 0 Å². The molecule has 0 aromatic rings. The van der Waals surface area contributed by atoms with Gasteiger partial charge in [0.05, 0.1) is 0 Å². The molecule has 0 aliphatic carbocycles. The van der Waals surface area contributed by atoms with E-state index >= 15 is 0 Å². The topological polar surface area (TPSA) is 35.5 Å². The Morgan fingerprint density at radius 2 is 1.92 bits per heavy atom. The van der Waals surface area contributed by atoms with Crippen molar-refractivity contribution < 1.29 is 13.0 Å². The third-order valence-electron chi connectivity index (χ3n) is 2.76. The van der Waals surface area contributed by atoms with Crippen LogP contribution in [0, 0.1) is 0 Å². The molecule has 0 spiro atoms. The first-order valence-electron chi connectivity index (χ1n) is 4.95. The zero-order valence-electron chi connectivity index (χ0n) is 8.41. The molecule has 0 N–H and O–H groups in total. The minimum atomic E-state index is -1.70. The third-order valence-corrected chi connectivity index (χ3v) is 9.64. The van der Waals surface area contributed by atoms with Crippen molar-refractivity contribution in [1.29, 1.82) is 0 Å². The summed E-state index contributed by atoms with van der Waals surface area (Å²) in [5.41, 5.74) is 0. The van der Waals surface area contributed by atoms with Gasteiger partial charge in [-0.3, -0.25) is 0 Å². The summed E-state index contributed by atoms with van der Waals surface area (Å²) >= 11 is 0. The van der Waals surface area contributed by atoms with Crippen molar-refractivity contribution >= 4 is 27.8 Å². The predicted molar refractivity (Wildman–Crippen MR) is 59.4 cm³/mol. The maximum absolute atomic E-state index is 10.9. The van der Waals surface area contributed by atoms with Crippen molar-refractivity contribution in [1.82, 2.24) is 0 Å². The van der Waals surface area contributed by atoms with E-state index in [4.69, 9.17) is 8.43 Å². The van der Waals surface area contributed by atoms with Gasteiger partial charge in [0.15, 0.2) is 0 Å². The molecule has 0 unspecified atom stereocenters. The average molecular weight is 237 g/mol. The van der Waals surface area contributed by atoms with Crippen molar-refractivity contribution in [2.45, 2.75) is 44.2 Å². The maximum Gasteiger partial charge on any atom is 0.671 e. The molecule has 0 amide bonds. The Morgan fingerprint density at radius 3 is 2.38 bits per heavy atom. The second kappa shape index (κ2) is 5.36. The van der Waals surface area contributed by atoms with Gasteiger partial charge in [-0.25, -0.2) is 0 Å². The molecule has 1 aliphatic rings. The Hall–Kier alpha value is 0.454. The maximum atomic E-state index is 10.9. The molecular formula is C7H18O3PSi2+. The molecule has 6 heteroatoms. The minimum Gasteiger partial charge on any atom is -0.184 e. The number of unbranched alkanes of at least 4 members (excludes halogenated alkanes) is 1. The Labute approximate surface area is 85.4 Å². The van der Waals surface area contributed by atoms with E-state index < -0.39 is 27.8 Å².